The molecule has 0 spiro atoms. The van der Waals surface area contributed by atoms with Crippen LogP contribution in [0.5, 0.6) is 0 Å². The van der Waals surface area contributed by atoms with Crippen molar-refractivity contribution in [1.82, 2.24) is 10.6 Å². The van der Waals surface area contributed by atoms with E-state index >= 15 is 0 Å². The first-order chi connectivity index (χ1) is 5.76. The van der Waals surface area contributed by atoms with Crippen molar-refractivity contribution >= 4 is 5.91 Å². The first-order valence-electron chi connectivity index (χ1n) is 4.42. The smallest absolute Gasteiger partial charge is 0.237 e. The van der Waals surface area contributed by atoms with Gasteiger partial charge in [0.05, 0.1) is 18.2 Å². The van der Waals surface area contributed by atoms with E-state index in [1.54, 1.807) is 0 Å². The number of carbonyl (C=O) groups excluding carboxylic acids is 1. The molecule has 0 aromatic carbocycles. The first kappa shape index (κ1) is 8.01. The number of hydrogen-bond donors (Lipinski definition) is 3. The molecule has 0 aromatic rings. The lowest BCUT2D eigenvalue weighted by molar-refractivity contribution is -0.126. The molecule has 0 bridgehead atoms. The number of rotatable bonds is 3. The Hall–Kier alpha value is -0.610. The Morgan fingerprint density at radius 1 is 1.67 bits per heavy atom. The fourth-order valence-corrected chi connectivity index (χ4v) is 1.33. The highest BCUT2D eigenvalue weighted by Crippen LogP contribution is 2.34. The van der Waals surface area contributed by atoms with E-state index in [2.05, 4.69) is 10.6 Å². The fourth-order valence-electron chi connectivity index (χ4n) is 1.33. The minimum Gasteiger partial charge on any atom is -0.394 e. The molecule has 4 nitrogen and oxygen atoms in total. The van der Waals surface area contributed by atoms with Crippen LogP contribution in [0.2, 0.25) is 0 Å². The van der Waals surface area contributed by atoms with Gasteiger partial charge in [0.15, 0.2) is 0 Å². The van der Waals surface area contributed by atoms with Gasteiger partial charge in [-0.25, -0.2) is 0 Å². The van der Waals surface area contributed by atoms with Crippen molar-refractivity contribution in [2.24, 2.45) is 0 Å². The van der Waals surface area contributed by atoms with E-state index < -0.39 is 0 Å². The average Bonchev–Trinajstić information content (AvgIpc) is 2.65. The Morgan fingerprint density at radius 2 is 2.33 bits per heavy atom. The Morgan fingerprint density at radius 3 is 2.67 bits per heavy atom. The third kappa shape index (κ3) is 1.32. The van der Waals surface area contributed by atoms with Crippen molar-refractivity contribution < 1.29 is 9.90 Å². The van der Waals surface area contributed by atoms with Crippen LogP contribution < -0.4 is 10.6 Å². The number of hydrogen-bond acceptors (Lipinski definition) is 3. The number of nitrogens with one attached hydrogen (secondary N) is 2. The maximum Gasteiger partial charge on any atom is 0.237 e. The molecule has 1 unspecified atom stereocenters. The van der Waals surface area contributed by atoms with E-state index in [9.17, 15) is 4.79 Å². The molecule has 0 aromatic heterocycles. The third-order valence-electron chi connectivity index (χ3n) is 2.68. The van der Waals surface area contributed by atoms with E-state index in [0.717, 1.165) is 25.8 Å². The fraction of sp³-hybridized carbons (Fsp3) is 0.875. The van der Waals surface area contributed by atoms with Gasteiger partial charge in [-0.15, -0.1) is 0 Å². The molecule has 1 saturated heterocycles. The molecule has 1 aliphatic carbocycles. The molecule has 3 N–H and O–H groups in total. The summed E-state index contributed by atoms with van der Waals surface area (Å²) < 4.78 is 0. The third-order valence-corrected chi connectivity index (χ3v) is 2.68. The number of carbonyl (C=O) groups is 1. The Balaban J connectivity index is 1.81. The molecule has 1 atom stereocenters. The molecule has 1 amide bonds. The highest BCUT2D eigenvalue weighted by molar-refractivity contribution is 5.83. The summed E-state index contributed by atoms with van der Waals surface area (Å²) in [6.45, 7) is 1.01. The average molecular weight is 170 g/mol. The van der Waals surface area contributed by atoms with Gasteiger partial charge in [-0.1, -0.05) is 0 Å². The summed E-state index contributed by atoms with van der Waals surface area (Å²) in [6, 6.07) is -0.00553. The minimum absolute atomic E-state index is 0.00553. The van der Waals surface area contributed by atoms with Crippen LogP contribution in [0.15, 0.2) is 0 Å². The Kier molecular flexibility index (Phi) is 1.81. The van der Waals surface area contributed by atoms with Crippen molar-refractivity contribution in [3.63, 3.8) is 0 Å². The van der Waals surface area contributed by atoms with Gasteiger partial charge >= 0.3 is 0 Å². The first-order valence-corrected chi connectivity index (χ1v) is 4.42. The molecule has 1 saturated carbocycles. The molecular formula is C8H14N2O2. The lowest BCUT2D eigenvalue weighted by Gasteiger charge is -2.28. The van der Waals surface area contributed by atoms with Gasteiger partial charge in [-0.2, -0.15) is 0 Å². The van der Waals surface area contributed by atoms with Crippen molar-refractivity contribution in [1.29, 1.82) is 0 Å². The molecule has 1 aliphatic heterocycles. The molecule has 4 heteroatoms. The summed E-state index contributed by atoms with van der Waals surface area (Å²) in [4.78, 5) is 11.4. The van der Waals surface area contributed by atoms with Gasteiger partial charge in [0, 0.05) is 0 Å². The summed E-state index contributed by atoms with van der Waals surface area (Å²) in [5, 5.41) is 14.8. The maximum absolute atomic E-state index is 11.4. The SMILES string of the molecule is O=C(NC1(CO)CC1)C1CCN1. The van der Waals surface area contributed by atoms with Gasteiger partial charge in [0.2, 0.25) is 5.91 Å². The largest absolute Gasteiger partial charge is 0.394 e. The minimum atomic E-state index is -0.256. The summed E-state index contributed by atoms with van der Waals surface area (Å²) in [5.74, 6) is 0.0489. The normalized spacial score (nSPS) is 30.6. The van der Waals surface area contributed by atoms with E-state index in [1.807, 2.05) is 0 Å². The van der Waals surface area contributed by atoms with Crippen LogP contribution in [0.3, 0.4) is 0 Å². The Bertz CT molecular complexity index is 197. The quantitative estimate of drug-likeness (QED) is 0.508. The van der Waals surface area contributed by atoms with Crippen molar-refractivity contribution in [2.45, 2.75) is 30.8 Å². The van der Waals surface area contributed by atoms with Crippen molar-refractivity contribution in [3.05, 3.63) is 0 Å². The zero-order valence-electron chi connectivity index (χ0n) is 6.97. The van der Waals surface area contributed by atoms with Gasteiger partial charge < -0.3 is 15.7 Å². The predicted molar refractivity (Wildman–Crippen MR) is 43.6 cm³/mol. The zero-order valence-corrected chi connectivity index (χ0v) is 6.97. The van der Waals surface area contributed by atoms with Gasteiger partial charge in [0.1, 0.15) is 0 Å². The summed E-state index contributed by atoms with van der Waals surface area (Å²) >= 11 is 0. The molecule has 12 heavy (non-hydrogen) atoms. The van der Waals surface area contributed by atoms with Crippen LogP contribution in [0.4, 0.5) is 0 Å². The summed E-state index contributed by atoms with van der Waals surface area (Å²) in [6.07, 6.45) is 2.76. The molecule has 2 aliphatic rings. The lowest BCUT2D eigenvalue weighted by atomic mass is 10.1. The highest BCUT2D eigenvalue weighted by Gasteiger charge is 2.44. The molecule has 2 fully saturated rings. The Labute approximate surface area is 71.3 Å². The van der Waals surface area contributed by atoms with Gasteiger partial charge in [0.25, 0.3) is 0 Å². The van der Waals surface area contributed by atoms with Crippen molar-refractivity contribution in [2.75, 3.05) is 13.2 Å². The second-order valence-corrected chi connectivity index (χ2v) is 3.72. The number of aliphatic hydroxyl groups is 1. The van der Waals surface area contributed by atoms with Crippen LogP contribution >= 0.6 is 0 Å². The monoisotopic (exact) mass is 170 g/mol. The molecular weight excluding hydrogens is 156 g/mol. The predicted octanol–water partition coefficient (Wildman–Crippen LogP) is -1.01. The zero-order chi connectivity index (χ0) is 8.60. The topological polar surface area (TPSA) is 61.4 Å². The standard InChI is InChI=1S/C8H14N2O2/c11-5-8(2-3-8)10-7(12)6-1-4-9-6/h6,9,11H,1-5H2,(H,10,12). The van der Waals surface area contributed by atoms with Gasteiger partial charge in [-0.05, 0) is 25.8 Å². The van der Waals surface area contributed by atoms with E-state index in [-0.39, 0.29) is 24.1 Å². The molecule has 68 valence electrons. The van der Waals surface area contributed by atoms with Crippen molar-refractivity contribution in [3.8, 4) is 0 Å². The molecule has 1 heterocycles. The number of aliphatic hydroxyl groups excluding tert-OH is 1. The maximum atomic E-state index is 11.4. The van der Waals surface area contributed by atoms with Crippen LogP contribution in [0, 0.1) is 0 Å². The van der Waals surface area contributed by atoms with E-state index in [4.69, 9.17) is 5.11 Å². The second-order valence-electron chi connectivity index (χ2n) is 3.72. The summed E-state index contributed by atoms with van der Waals surface area (Å²) in [7, 11) is 0. The molecule has 0 radical (unpaired) electrons. The van der Waals surface area contributed by atoms with E-state index in [1.165, 1.54) is 0 Å². The van der Waals surface area contributed by atoms with Crippen LogP contribution in [0.25, 0.3) is 0 Å². The van der Waals surface area contributed by atoms with Crippen LogP contribution in [-0.4, -0.2) is 35.7 Å². The van der Waals surface area contributed by atoms with Crippen LogP contribution in [-0.2, 0) is 4.79 Å². The summed E-state index contributed by atoms with van der Waals surface area (Å²) in [5.41, 5.74) is -0.256. The second kappa shape index (κ2) is 2.71. The van der Waals surface area contributed by atoms with Gasteiger partial charge in [-0.3, -0.25) is 4.79 Å². The highest BCUT2D eigenvalue weighted by atomic mass is 16.3. The molecule has 2 rings (SSSR count). The van der Waals surface area contributed by atoms with E-state index in [0.29, 0.717) is 0 Å². The van der Waals surface area contributed by atoms with Crippen LogP contribution in [0.1, 0.15) is 19.3 Å². The number of amides is 1. The lowest BCUT2D eigenvalue weighted by Crippen LogP contribution is -2.56.